The fraction of sp³-hybridized carbons (Fsp3) is 0.133. The molecule has 0 aliphatic heterocycles. The molecule has 7 nitrogen and oxygen atoms in total. The second-order valence-electron chi connectivity index (χ2n) is 5.11. The Hall–Kier alpha value is -2.04. The van der Waals surface area contributed by atoms with Gasteiger partial charge in [0.2, 0.25) is 5.13 Å². The first-order valence-electron chi connectivity index (χ1n) is 7.33. The molecule has 0 atom stereocenters. The van der Waals surface area contributed by atoms with Gasteiger partial charge in [-0.25, -0.2) is 14.6 Å². The van der Waals surface area contributed by atoms with E-state index in [-0.39, 0.29) is 0 Å². The predicted molar refractivity (Wildman–Crippen MR) is 102 cm³/mol. The molecule has 0 amide bonds. The van der Waals surface area contributed by atoms with Gasteiger partial charge in [0, 0.05) is 13.6 Å². The first-order valence-corrected chi connectivity index (χ1v) is 9.75. The third-order valence-electron chi connectivity index (χ3n) is 3.42. The van der Waals surface area contributed by atoms with Crippen LogP contribution in [-0.4, -0.2) is 29.9 Å². The van der Waals surface area contributed by atoms with Crippen LogP contribution in [0.4, 0.5) is 5.13 Å². The van der Waals surface area contributed by atoms with Gasteiger partial charge in [0.05, 0.1) is 5.39 Å². The molecule has 3 heterocycles. The van der Waals surface area contributed by atoms with Crippen molar-refractivity contribution in [2.45, 2.75) is 15.9 Å². The van der Waals surface area contributed by atoms with Crippen molar-refractivity contribution in [2.75, 3.05) is 5.32 Å². The lowest BCUT2D eigenvalue weighted by atomic mass is 10.2. The average molecular weight is 434 g/mol. The molecule has 126 valence electrons. The van der Waals surface area contributed by atoms with Crippen molar-refractivity contribution in [1.82, 2.24) is 29.9 Å². The van der Waals surface area contributed by atoms with Crippen molar-refractivity contribution in [1.29, 1.82) is 0 Å². The summed E-state index contributed by atoms with van der Waals surface area (Å²) in [5.74, 6) is 0. The Morgan fingerprint density at radius 1 is 1.20 bits per heavy atom. The highest BCUT2D eigenvalue weighted by Crippen LogP contribution is 2.36. The Bertz CT molecular complexity index is 1020. The van der Waals surface area contributed by atoms with Gasteiger partial charge in [-0.2, -0.15) is 5.10 Å². The monoisotopic (exact) mass is 433 g/mol. The smallest absolute Gasteiger partial charge is 0.206 e. The fourth-order valence-electron chi connectivity index (χ4n) is 2.27. The van der Waals surface area contributed by atoms with Crippen molar-refractivity contribution in [3.05, 3.63) is 46.8 Å². The summed E-state index contributed by atoms with van der Waals surface area (Å²) in [5, 5.41) is 18.5. The number of aryl methyl sites for hydroxylation is 1. The minimum atomic E-state index is 0.714. The number of hydrogen-bond donors (Lipinski definition) is 1. The second-order valence-corrected chi connectivity index (χ2v) is 8.07. The Balaban J connectivity index is 1.52. The second kappa shape index (κ2) is 7.06. The molecule has 0 aliphatic rings. The quantitative estimate of drug-likeness (QED) is 0.479. The standard InChI is InChI=1S/C15H12BrN7S2/c1-23-12-10(11(16)22-23)13(19-8-18-12)24-15-21-20-14(25-15)17-7-9-5-3-2-4-6-9/h2-6,8H,7H2,1H3,(H,17,20). The zero-order chi connectivity index (χ0) is 17.2. The van der Waals surface area contributed by atoms with E-state index in [1.165, 1.54) is 35.0 Å². The highest BCUT2D eigenvalue weighted by atomic mass is 79.9. The van der Waals surface area contributed by atoms with Crippen LogP contribution in [0.2, 0.25) is 0 Å². The Kier molecular flexibility index (Phi) is 4.64. The van der Waals surface area contributed by atoms with Crippen molar-refractivity contribution in [3.63, 3.8) is 0 Å². The first-order chi connectivity index (χ1) is 12.2. The summed E-state index contributed by atoms with van der Waals surface area (Å²) in [6.07, 6.45) is 1.54. The molecule has 0 saturated carbocycles. The number of benzene rings is 1. The summed E-state index contributed by atoms with van der Waals surface area (Å²) < 4.78 is 3.25. The van der Waals surface area contributed by atoms with Gasteiger partial charge < -0.3 is 5.32 Å². The van der Waals surface area contributed by atoms with Gasteiger partial charge in [0.25, 0.3) is 0 Å². The summed E-state index contributed by atoms with van der Waals surface area (Å²) >= 11 is 6.42. The molecule has 0 saturated heterocycles. The normalized spacial score (nSPS) is 11.1. The molecule has 3 aromatic heterocycles. The van der Waals surface area contributed by atoms with E-state index in [1.54, 1.807) is 4.68 Å². The molecule has 10 heteroatoms. The van der Waals surface area contributed by atoms with Crippen LogP contribution in [0, 0.1) is 0 Å². The average Bonchev–Trinajstić information content (AvgIpc) is 3.19. The molecular formula is C15H12BrN7S2. The number of rotatable bonds is 5. The van der Waals surface area contributed by atoms with Crippen LogP contribution in [0.3, 0.4) is 0 Å². The minimum Gasteiger partial charge on any atom is -0.356 e. The molecule has 0 unspecified atom stereocenters. The molecule has 0 spiro atoms. The maximum absolute atomic E-state index is 4.37. The highest BCUT2D eigenvalue weighted by Gasteiger charge is 2.16. The Morgan fingerprint density at radius 2 is 2.04 bits per heavy atom. The van der Waals surface area contributed by atoms with Crippen LogP contribution in [0.25, 0.3) is 11.0 Å². The number of halogens is 1. The summed E-state index contributed by atoms with van der Waals surface area (Å²) in [6.45, 7) is 0.714. The van der Waals surface area contributed by atoms with E-state index >= 15 is 0 Å². The molecule has 4 rings (SSSR count). The number of nitrogens with zero attached hydrogens (tertiary/aromatic N) is 6. The number of anilines is 1. The van der Waals surface area contributed by atoms with Gasteiger partial charge in [-0.15, -0.1) is 10.2 Å². The minimum absolute atomic E-state index is 0.714. The molecule has 4 aromatic rings. The first kappa shape index (κ1) is 16.4. The van der Waals surface area contributed by atoms with Gasteiger partial charge in [-0.05, 0) is 33.3 Å². The molecule has 1 aromatic carbocycles. The van der Waals surface area contributed by atoms with E-state index in [1.807, 2.05) is 25.2 Å². The van der Waals surface area contributed by atoms with Crippen LogP contribution in [-0.2, 0) is 13.6 Å². The van der Waals surface area contributed by atoms with E-state index in [0.29, 0.717) is 6.54 Å². The van der Waals surface area contributed by atoms with E-state index < -0.39 is 0 Å². The van der Waals surface area contributed by atoms with Crippen LogP contribution in [0.1, 0.15) is 5.56 Å². The van der Waals surface area contributed by atoms with Crippen molar-refractivity contribution < 1.29 is 0 Å². The largest absolute Gasteiger partial charge is 0.356 e. The molecule has 0 aliphatic carbocycles. The van der Waals surface area contributed by atoms with E-state index in [2.05, 4.69) is 58.6 Å². The third kappa shape index (κ3) is 3.51. The Morgan fingerprint density at radius 3 is 2.88 bits per heavy atom. The molecule has 0 radical (unpaired) electrons. The van der Waals surface area contributed by atoms with E-state index in [4.69, 9.17) is 0 Å². The maximum atomic E-state index is 4.37. The molecule has 0 bridgehead atoms. The van der Waals surface area contributed by atoms with Crippen LogP contribution < -0.4 is 5.32 Å². The topological polar surface area (TPSA) is 81.4 Å². The third-order valence-corrected chi connectivity index (χ3v) is 5.91. The number of nitrogens with one attached hydrogen (secondary N) is 1. The lowest BCUT2D eigenvalue weighted by Gasteiger charge is -2.01. The van der Waals surface area contributed by atoms with Gasteiger partial charge in [-0.1, -0.05) is 41.7 Å². The number of aromatic nitrogens is 6. The van der Waals surface area contributed by atoms with Gasteiger partial charge >= 0.3 is 0 Å². The maximum Gasteiger partial charge on any atom is 0.206 e. The zero-order valence-electron chi connectivity index (χ0n) is 13.0. The lowest BCUT2D eigenvalue weighted by molar-refractivity contribution is 0.777. The predicted octanol–water partition coefficient (Wildman–Crippen LogP) is 3.74. The van der Waals surface area contributed by atoms with Gasteiger partial charge in [-0.3, -0.25) is 0 Å². The summed E-state index contributed by atoms with van der Waals surface area (Å²) in [5.41, 5.74) is 1.97. The van der Waals surface area contributed by atoms with Gasteiger partial charge in [0.15, 0.2) is 9.99 Å². The summed E-state index contributed by atoms with van der Waals surface area (Å²) in [4.78, 5) is 8.64. The number of hydrogen-bond acceptors (Lipinski definition) is 8. The van der Waals surface area contributed by atoms with Crippen LogP contribution in [0.15, 0.2) is 50.6 Å². The van der Waals surface area contributed by atoms with Gasteiger partial charge in [0.1, 0.15) is 16.0 Å². The van der Waals surface area contributed by atoms with E-state index in [9.17, 15) is 0 Å². The SMILES string of the molecule is Cn1nc(Br)c2c(Sc3nnc(NCc4ccccc4)s3)ncnc21. The molecular weight excluding hydrogens is 422 g/mol. The van der Waals surface area contributed by atoms with E-state index in [0.717, 1.165) is 30.1 Å². The molecule has 1 N–H and O–H groups in total. The van der Waals surface area contributed by atoms with Crippen LogP contribution >= 0.6 is 39.0 Å². The molecule has 0 fully saturated rings. The zero-order valence-corrected chi connectivity index (χ0v) is 16.3. The highest BCUT2D eigenvalue weighted by molar-refractivity contribution is 9.10. The summed E-state index contributed by atoms with van der Waals surface area (Å²) in [7, 11) is 1.85. The summed E-state index contributed by atoms with van der Waals surface area (Å²) in [6, 6.07) is 10.2. The van der Waals surface area contributed by atoms with Crippen molar-refractivity contribution >= 4 is 55.2 Å². The molecule has 25 heavy (non-hydrogen) atoms. The lowest BCUT2D eigenvalue weighted by Crippen LogP contribution is -1.98. The van der Waals surface area contributed by atoms with Crippen LogP contribution in [0.5, 0.6) is 0 Å². The van der Waals surface area contributed by atoms with Crippen molar-refractivity contribution in [3.8, 4) is 0 Å². The van der Waals surface area contributed by atoms with Crippen molar-refractivity contribution in [2.24, 2.45) is 7.05 Å². The Labute approximate surface area is 160 Å². The fourth-order valence-corrected chi connectivity index (χ4v) is 4.76. The number of fused-ring (bicyclic) bond motifs is 1.